The van der Waals surface area contributed by atoms with E-state index in [1.165, 1.54) is 25.3 Å². The number of anilines is 2. The number of nitrogens with one attached hydrogen (secondary N) is 2. The van der Waals surface area contributed by atoms with Crippen LogP contribution in [0.4, 0.5) is 11.4 Å². The Morgan fingerprint density at radius 1 is 1.26 bits per heavy atom. The van der Waals surface area contributed by atoms with E-state index in [1.807, 2.05) is 27.7 Å². The first-order valence-electron chi connectivity index (χ1n) is 10.9. The second-order valence-electron chi connectivity index (χ2n) is 9.52. The van der Waals surface area contributed by atoms with E-state index < -0.39 is 23.0 Å². The van der Waals surface area contributed by atoms with Gasteiger partial charge in [-0.2, -0.15) is 4.76 Å². The van der Waals surface area contributed by atoms with Crippen LogP contribution in [0.3, 0.4) is 0 Å². The molecular formula is C22H33N4O7PS. The summed E-state index contributed by atoms with van der Waals surface area (Å²) in [6.45, 7) is 7.99. The highest BCUT2D eigenvalue weighted by atomic mass is 32.2. The van der Waals surface area contributed by atoms with E-state index in [4.69, 9.17) is 9.26 Å². The lowest BCUT2D eigenvalue weighted by Crippen LogP contribution is -2.26. The molecule has 0 saturated carbocycles. The lowest BCUT2D eigenvalue weighted by atomic mass is 9.91. The Kier molecular flexibility index (Phi) is 7.34. The van der Waals surface area contributed by atoms with Crippen LogP contribution in [0.15, 0.2) is 23.0 Å². The molecule has 1 aromatic heterocycles. The molecule has 2 heterocycles. The molecule has 3 rings (SSSR count). The number of aromatic hydroxyl groups is 2. The smallest absolute Gasteiger partial charge is 0.348 e. The Morgan fingerprint density at radius 2 is 1.91 bits per heavy atom. The number of ether oxygens (including phenoxy) is 1. The van der Waals surface area contributed by atoms with Crippen LogP contribution in [0, 0.1) is 0 Å². The molecule has 2 aromatic rings. The van der Waals surface area contributed by atoms with Crippen molar-refractivity contribution in [3.8, 4) is 11.6 Å². The Morgan fingerprint density at radius 3 is 2.46 bits per heavy atom. The van der Waals surface area contributed by atoms with Crippen molar-refractivity contribution < 1.29 is 32.5 Å². The fourth-order valence-electron chi connectivity index (χ4n) is 3.96. The van der Waals surface area contributed by atoms with Crippen LogP contribution in [0.25, 0.3) is 0 Å². The minimum Gasteiger partial charge on any atom is -0.505 e. The maximum absolute atomic E-state index is 13.7. The van der Waals surface area contributed by atoms with Gasteiger partial charge >= 0.3 is 7.52 Å². The Labute approximate surface area is 205 Å². The number of rotatable bonds is 8. The van der Waals surface area contributed by atoms with Crippen LogP contribution >= 0.6 is 7.52 Å². The highest BCUT2D eigenvalue weighted by molar-refractivity contribution is 7.92. The molecule has 2 atom stereocenters. The molecule has 11 nitrogen and oxygen atoms in total. The van der Waals surface area contributed by atoms with Gasteiger partial charge in [0.2, 0.25) is 15.9 Å². The zero-order valence-corrected chi connectivity index (χ0v) is 22.6. The monoisotopic (exact) mass is 528 g/mol. The molecule has 1 aliphatic rings. The number of methoxy groups -OCH3 is 1. The molecule has 1 aromatic carbocycles. The highest BCUT2D eigenvalue weighted by Crippen LogP contribution is 2.53. The summed E-state index contributed by atoms with van der Waals surface area (Å²) in [5.74, 6) is -0.443. The topological polar surface area (TPSA) is 151 Å². The SMILES string of the molecule is COC(C)CCn1c(O)c(C2=NP(=O)(OC)c3cc(NS(C)(=O)=O)ccc3N2)c(O)c1C(C)(C)C. The van der Waals surface area contributed by atoms with Crippen LogP contribution in [-0.2, 0) is 35.8 Å². The average molecular weight is 529 g/mol. The molecule has 2 unspecified atom stereocenters. The van der Waals surface area contributed by atoms with Gasteiger partial charge in [-0.1, -0.05) is 20.8 Å². The molecule has 1 aliphatic heterocycles. The second-order valence-corrected chi connectivity index (χ2v) is 13.4. The van der Waals surface area contributed by atoms with Gasteiger partial charge in [-0.3, -0.25) is 9.29 Å². The maximum Gasteiger partial charge on any atom is 0.348 e. The predicted molar refractivity (Wildman–Crippen MR) is 137 cm³/mol. The van der Waals surface area contributed by atoms with Crippen LogP contribution in [-0.4, -0.2) is 55.6 Å². The molecule has 0 aliphatic carbocycles. The van der Waals surface area contributed by atoms with Crippen molar-refractivity contribution in [1.29, 1.82) is 0 Å². The lowest BCUT2D eigenvalue weighted by Gasteiger charge is -2.24. The van der Waals surface area contributed by atoms with Gasteiger partial charge in [0.05, 0.1) is 29.0 Å². The van der Waals surface area contributed by atoms with Gasteiger partial charge < -0.3 is 29.4 Å². The van der Waals surface area contributed by atoms with Crippen molar-refractivity contribution in [3.05, 3.63) is 29.5 Å². The number of nitrogens with zero attached hydrogens (tertiary/aromatic N) is 2. The van der Waals surface area contributed by atoms with Crippen LogP contribution < -0.4 is 15.3 Å². The van der Waals surface area contributed by atoms with Crippen LogP contribution in [0.1, 0.15) is 45.4 Å². The first kappa shape index (κ1) is 27.1. The second kappa shape index (κ2) is 9.50. The van der Waals surface area contributed by atoms with E-state index >= 15 is 0 Å². The zero-order chi connectivity index (χ0) is 26.3. The third kappa shape index (κ3) is 5.50. The maximum atomic E-state index is 13.7. The number of benzene rings is 1. The van der Waals surface area contributed by atoms with Gasteiger partial charge in [0.1, 0.15) is 5.56 Å². The number of fused-ring (bicyclic) bond motifs is 1. The van der Waals surface area contributed by atoms with Crippen LogP contribution in [0.2, 0.25) is 0 Å². The molecule has 0 amide bonds. The van der Waals surface area contributed by atoms with Crippen molar-refractivity contribution in [2.45, 2.75) is 52.2 Å². The van der Waals surface area contributed by atoms with Crippen molar-refractivity contribution in [1.82, 2.24) is 4.57 Å². The summed E-state index contributed by atoms with van der Waals surface area (Å²) in [4.78, 5) is 0. The van der Waals surface area contributed by atoms with Gasteiger partial charge in [-0.15, -0.1) is 0 Å². The summed E-state index contributed by atoms with van der Waals surface area (Å²) in [5, 5.41) is 25.6. The largest absolute Gasteiger partial charge is 0.505 e. The molecule has 13 heteroatoms. The minimum atomic E-state index is -3.88. The van der Waals surface area contributed by atoms with Crippen molar-refractivity contribution in [2.24, 2.45) is 4.76 Å². The van der Waals surface area contributed by atoms with Crippen molar-refractivity contribution in [2.75, 3.05) is 30.5 Å². The summed E-state index contributed by atoms with van der Waals surface area (Å²) in [5.41, 5.74) is 0.490. The molecule has 194 valence electrons. The van der Waals surface area contributed by atoms with Gasteiger partial charge in [-0.25, -0.2) is 8.42 Å². The van der Waals surface area contributed by atoms with Gasteiger partial charge in [0, 0.05) is 31.9 Å². The first-order chi connectivity index (χ1) is 16.1. The Balaban J connectivity index is 2.15. The van der Waals surface area contributed by atoms with E-state index in [-0.39, 0.29) is 40.1 Å². The summed E-state index contributed by atoms with van der Waals surface area (Å²) in [7, 11) is -4.61. The number of hydrogen-bond donors (Lipinski definition) is 4. The van der Waals surface area contributed by atoms with Gasteiger partial charge in [-0.05, 0) is 31.5 Å². The van der Waals surface area contributed by atoms with E-state index in [2.05, 4.69) is 14.8 Å². The number of aromatic nitrogens is 1. The minimum absolute atomic E-state index is 0.00116. The Hall–Kier alpha value is -2.53. The molecule has 0 saturated heterocycles. The fraction of sp³-hybridized carbons (Fsp3) is 0.500. The van der Waals surface area contributed by atoms with E-state index in [0.29, 0.717) is 24.3 Å². The summed E-state index contributed by atoms with van der Waals surface area (Å²) in [6.07, 6.45) is 1.51. The fourth-order valence-corrected chi connectivity index (χ4v) is 6.05. The third-order valence-electron chi connectivity index (χ3n) is 5.66. The quantitative estimate of drug-likeness (QED) is 0.381. The molecule has 4 N–H and O–H groups in total. The molecule has 0 radical (unpaired) electrons. The van der Waals surface area contributed by atoms with E-state index in [0.717, 1.165) is 6.26 Å². The molecule has 35 heavy (non-hydrogen) atoms. The summed E-state index contributed by atoms with van der Waals surface area (Å²) in [6, 6.07) is 4.40. The van der Waals surface area contributed by atoms with Crippen molar-refractivity contribution >= 4 is 40.1 Å². The van der Waals surface area contributed by atoms with Gasteiger partial charge in [0.25, 0.3) is 0 Å². The normalized spacial score (nSPS) is 19.0. The van der Waals surface area contributed by atoms with E-state index in [9.17, 15) is 23.2 Å². The first-order valence-corrected chi connectivity index (χ1v) is 14.4. The van der Waals surface area contributed by atoms with Gasteiger partial charge in [0.15, 0.2) is 11.6 Å². The van der Waals surface area contributed by atoms with Crippen LogP contribution in [0.5, 0.6) is 11.6 Å². The van der Waals surface area contributed by atoms with E-state index in [1.54, 1.807) is 11.7 Å². The molecule has 0 spiro atoms. The zero-order valence-electron chi connectivity index (χ0n) is 20.9. The molecule has 0 bridgehead atoms. The standard InChI is InChI=1S/C22H33N4O7PS/c1-13(32-5)10-11-26-19(22(2,3)4)18(27)17(21(26)28)20-23-15-9-8-14(25-35(7,30)31)12-16(15)34(29,24-20)33-6/h8-9,12-13,25,27-28H,10-11H2,1-7H3,(H,23,24,29). The predicted octanol–water partition coefficient (Wildman–Crippen LogP) is 3.33. The lowest BCUT2D eigenvalue weighted by molar-refractivity contribution is 0.105. The number of sulfonamides is 1. The third-order valence-corrected chi connectivity index (χ3v) is 8.20. The summed E-state index contributed by atoms with van der Waals surface area (Å²) < 4.78 is 55.7. The average Bonchev–Trinajstić information content (AvgIpc) is 3.00. The Bertz CT molecular complexity index is 1310. The highest BCUT2D eigenvalue weighted by Gasteiger charge is 2.38. The van der Waals surface area contributed by atoms with Crippen molar-refractivity contribution in [3.63, 3.8) is 0 Å². The summed E-state index contributed by atoms with van der Waals surface area (Å²) >= 11 is 0. The molecule has 0 fully saturated rings. The number of hydrogen-bond acceptors (Lipinski definition) is 8. The number of amidine groups is 1. The molecular weight excluding hydrogens is 495 g/mol.